The van der Waals surface area contributed by atoms with Crippen LogP contribution in [-0.2, 0) is 20.9 Å². The lowest BCUT2D eigenvalue weighted by molar-refractivity contribution is -0.146. The van der Waals surface area contributed by atoms with E-state index in [4.69, 9.17) is 16.3 Å². The normalized spacial score (nSPS) is 17.6. The van der Waals surface area contributed by atoms with Crippen molar-refractivity contribution in [1.82, 2.24) is 0 Å². The number of hydrogen-bond acceptors (Lipinski definition) is 4. The number of halogens is 2. The Labute approximate surface area is 160 Å². The van der Waals surface area contributed by atoms with E-state index in [1.165, 1.54) is 31.0 Å². The monoisotopic (exact) mass is 393 g/mol. The summed E-state index contributed by atoms with van der Waals surface area (Å²) in [4.78, 5) is 27.6. The van der Waals surface area contributed by atoms with Gasteiger partial charge in [0.25, 0.3) is 0 Å². The number of hydrogen-bond donors (Lipinski definition) is 0. The van der Waals surface area contributed by atoms with E-state index in [0.29, 0.717) is 5.56 Å². The molecule has 0 spiro atoms. The number of carbonyl (C=O) groups excluding carboxylic acids is 2. The van der Waals surface area contributed by atoms with Crippen LogP contribution in [0.1, 0.15) is 12.5 Å². The predicted molar refractivity (Wildman–Crippen MR) is 99.9 cm³/mol. The fraction of sp³-hybridized carbons (Fsp3) is 0.263. The van der Waals surface area contributed by atoms with Crippen molar-refractivity contribution in [2.75, 3.05) is 12.0 Å². The third-order valence-electron chi connectivity index (χ3n) is 4.29. The molecule has 0 aliphatic carbocycles. The van der Waals surface area contributed by atoms with Crippen molar-refractivity contribution in [3.63, 3.8) is 0 Å². The van der Waals surface area contributed by atoms with Gasteiger partial charge in [-0.05, 0) is 29.8 Å². The summed E-state index contributed by atoms with van der Waals surface area (Å²) in [6.07, 6.45) is 0. The molecule has 7 heteroatoms. The minimum atomic E-state index is -0.600. The van der Waals surface area contributed by atoms with Crippen LogP contribution in [0.25, 0.3) is 0 Å². The van der Waals surface area contributed by atoms with Crippen molar-refractivity contribution in [2.45, 2.75) is 23.6 Å². The largest absolute Gasteiger partial charge is 0.469 e. The van der Waals surface area contributed by atoms with Gasteiger partial charge in [-0.25, -0.2) is 4.39 Å². The Bertz CT molecular complexity index is 860. The van der Waals surface area contributed by atoms with E-state index in [9.17, 15) is 14.0 Å². The number of anilines is 1. The van der Waals surface area contributed by atoms with Crippen LogP contribution < -0.4 is 4.90 Å². The fourth-order valence-corrected chi connectivity index (χ4v) is 4.35. The zero-order chi connectivity index (χ0) is 18.8. The zero-order valence-electron chi connectivity index (χ0n) is 14.2. The lowest BCUT2D eigenvalue weighted by Gasteiger charge is -2.35. The molecule has 1 aliphatic heterocycles. The van der Waals surface area contributed by atoms with Gasteiger partial charge in [0.15, 0.2) is 0 Å². The van der Waals surface area contributed by atoms with Gasteiger partial charge in [-0.2, -0.15) is 0 Å². The molecule has 0 saturated heterocycles. The average molecular weight is 394 g/mol. The Morgan fingerprint density at radius 2 is 2.08 bits per heavy atom. The lowest BCUT2D eigenvalue weighted by Crippen LogP contribution is -2.45. The molecular weight excluding hydrogens is 377 g/mol. The number of nitrogens with zero attached hydrogens (tertiary/aromatic N) is 1. The third kappa shape index (κ3) is 3.57. The summed E-state index contributed by atoms with van der Waals surface area (Å²) in [7, 11) is 1.31. The first-order valence-electron chi connectivity index (χ1n) is 8.01. The first kappa shape index (κ1) is 18.7. The number of para-hydroxylation sites is 1. The van der Waals surface area contributed by atoms with Crippen molar-refractivity contribution in [3.8, 4) is 0 Å². The standard InChI is InChI=1S/C19H17ClFNO3S/c1-11(19(24)25-2)17-18(23)22(15-5-3-4-6-16(15)26-17)10-12-7-8-13(21)9-14(12)20/h3-9,11,17H,10H2,1-2H3. The van der Waals surface area contributed by atoms with Gasteiger partial charge in [-0.15, -0.1) is 11.8 Å². The highest BCUT2D eigenvalue weighted by molar-refractivity contribution is 8.01. The highest BCUT2D eigenvalue weighted by Crippen LogP contribution is 2.42. The molecule has 0 bridgehead atoms. The number of benzene rings is 2. The van der Waals surface area contributed by atoms with Crippen molar-refractivity contribution < 1.29 is 18.7 Å². The molecule has 1 aliphatic rings. The molecule has 136 valence electrons. The Balaban J connectivity index is 1.98. The van der Waals surface area contributed by atoms with E-state index in [0.717, 1.165) is 10.6 Å². The van der Waals surface area contributed by atoms with Crippen LogP contribution in [0.4, 0.5) is 10.1 Å². The van der Waals surface area contributed by atoms with Crippen LogP contribution in [-0.4, -0.2) is 24.2 Å². The van der Waals surface area contributed by atoms with Gasteiger partial charge in [0.1, 0.15) is 11.1 Å². The van der Waals surface area contributed by atoms with E-state index in [1.54, 1.807) is 17.9 Å². The molecule has 0 N–H and O–H groups in total. The zero-order valence-corrected chi connectivity index (χ0v) is 15.8. The maximum atomic E-state index is 13.3. The predicted octanol–water partition coefficient (Wildman–Crippen LogP) is 4.30. The van der Waals surface area contributed by atoms with E-state index in [-0.39, 0.29) is 17.5 Å². The topological polar surface area (TPSA) is 46.6 Å². The first-order valence-corrected chi connectivity index (χ1v) is 9.27. The fourth-order valence-electron chi connectivity index (χ4n) is 2.85. The third-order valence-corrected chi connectivity index (χ3v) is 6.10. The maximum Gasteiger partial charge on any atom is 0.310 e. The summed E-state index contributed by atoms with van der Waals surface area (Å²) >= 11 is 7.49. The quantitative estimate of drug-likeness (QED) is 0.727. The number of thioether (sulfide) groups is 1. The highest BCUT2D eigenvalue weighted by atomic mass is 35.5. The number of methoxy groups -OCH3 is 1. The Hall–Kier alpha value is -2.05. The van der Waals surface area contributed by atoms with Gasteiger partial charge in [-0.1, -0.05) is 36.7 Å². The van der Waals surface area contributed by atoms with E-state index >= 15 is 0 Å². The molecule has 2 atom stereocenters. The van der Waals surface area contributed by atoms with Gasteiger partial charge in [-0.3, -0.25) is 9.59 Å². The van der Waals surface area contributed by atoms with Crippen LogP contribution >= 0.6 is 23.4 Å². The van der Waals surface area contributed by atoms with Crippen molar-refractivity contribution in [3.05, 3.63) is 58.9 Å². The molecule has 26 heavy (non-hydrogen) atoms. The van der Waals surface area contributed by atoms with E-state index in [1.807, 2.05) is 24.3 Å². The number of rotatable bonds is 4. The summed E-state index contributed by atoms with van der Waals surface area (Å²) in [5, 5.41) is -0.345. The molecule has 0 aromatic heterocycles. The molecule has 1 amide bonds. The van der Waals surface area contributed by atoms with Gasteiger partial charge in [0.2, 0.25) is 5.91 Å². The smallest absolute Gasteiger partial charge is 0.310 e. The van der Waals surface area contributed by atoms with Gasteiger partial charge < -0.3 is 9.64 Å². The molecule has 0 radical (unpaired) electrons. The second kappa shape index (κ2) is 7.68. The molecule has 0 fully saturated rings. The second-order valence-electron chi connectivity index (χ2n) is 5.98. The van der Waals surface area contributed by atoms with E-state index < -0.39 is 23.0 Å². The molecule has 3 rings (SSSR count). The minimum absolute atomic E-state index is 0.194. The number of amides is 1. The van der Waals surface area contributed by atoms with Crippen molar-refractivity contribution >= 4 is 40.9 Å². The summed E-state index contributed by atoms with van der Waals surface area (Å²) in [5.41, 5.74) is 1.38. The number of ether oxygens (including phenoxy) is 1. The molecule has 1 heterocycles. The summed E-state index contributed by atoms with van der Waals surface area (Å²) in [6, 6.07) is 11.6. The summed E-state index contributed by atoms with van der Waals surface area (Å²) in [6.45, 7) is 1.87. The van der Waals surface area contributed by atoms with Crippen LogP contribution in [0.5, 0.6) is 0 Å². The number of esters is 1. The highest BCUT2D eigenvalue weighted by Gasteiger charge is 2.40. The maximum absolute atomic E-state index is 13.3. The molecule has 2 aromatic rings. The summed E-state index contributed by atoms with van der Waals surface area (Å²) in [5.74, 6) is -1.67. The minimum Gasteiger partial charge on any atom is -0.469 e. The van der Waals surface area contributed by atoms with Gasteiger partial charge >= 0.3 is 5.97 Å². The van der Waals surface area contributed by atoms with Gasteiger partial charge in [0, 0.05) is 9.92 Å². The first-order chi connectivity index (χ1) is 12.4. The number of carbonyl (C=O) groups is 2. The lowest BCUT2D eigenvalue weighted by atomic mass is 10.1. The molecule has 2 aromatic carbocycles. The average Bonchev–Trinajstić information content (AvgIpc) is 2.64. The van der Waals surface area contributed by atoms with Crippen molar-refractivity contribution in [2.24, 2.45) is 5.92 Å². The molecule has 2 unspecified atom stereocenters. The molecule has 0 saturated carbocycles. The Morgan fingerprint density at radius 1 is 1.35 bits per heavy atom. The van der Waals surface area contributed by atoms with Crippen LogP contribution in [0.2, 0.25) is 5.02 Å². The van der Waals surface area contributed by atoms with Crippen LogP contribution in [0, 0.1) is 11.7 Å². The van der Waals surface area contributed by atoms with E-state index in [2.05, 4.69) is 0 Å². The SMILES string of the molecule is COC(=O)C(C)C1Sc2ccccc2N(Cc2ccc(F)cc2Cl)C1=O. The van der Waals surface area contributed by atoms with Crippen molar-refractivity contribution in [1.29, 1.82) is 0 Å². The Kier molecular flexibility index (Phi) is 5.53. The van der Waals surface area contributed by atoms with Crippen LogP contribution in [0.3, 0.4) is 0 Å². The molecule has 4 nitrogen and oxygen atoms in total. The number of fused-ring (bicyclic) bond motifs is 1. The van der Waals surface area contributed by atoms with Gasteiger partial charge in [0.05, 0.1) is 25.3 Å². The summed E-state index contributed by atoms with van der Waals surface area (Å²) < 4.78 is 18.1. The van der Waals surface area contributed by atoms with Crippen LogP contribution in [0.15, 0.2) is 47.4 Å². The molecular formula is C19H17ClFNO3S. The second-order valence-corrected chi connectivity index (χ2v) is 7.57. The Morgan fingerprint density at radius 3 is 2.77 bits per heavy atom.